The molecular formula is C15H19BrN4S. The molecule has 3 rings (SSSR count). The molecule has 2 aromatic rings. The molecule has 2 heterocycles. The summed E-state index contributed by atoms with van der Waals surface area (Å²) in [5.74, 6) is 0. The minimum absolute atomic E-state index is 0.685. The fourth-order valence-corrected chi connectivity index (χ4v) is 3.88. The zero-order valence-corrected chi connectivity index (χ0v) is 14.2. The van der Waals surface area contributed by atoms with Crippen LogP contribution in [0.2, 0.25) is 0 Å². The smallest absolute Gasteiger partial charge is 0.185 e. The number of hydrogen-bond donors (Lipinski definition) is 1. The maximum absolute atomic E-state index is 5.63. The Balaban J connectivity index is 1.65. The number of nitrogens with zero attached hydrogens (tertiary/aromatic N) is 3. The first-order valence-corrected chi connectivity index (χ1v) is 8.83. The summed E-state index contributed by atoms with van der Waals surface area (Å²) < 4.78 is 1.16. The van der Waals surface area contributed by atoms with Crippen molar-refractivity contribution in [2.75, 3.05) is 42.5 Å². The van der Waals surface area contributed by atoms with Crippen LogP contribution in [-0.2, 0) is 6.42 Å². The van der Waals surface area contributed by atoms with Gasteiger partial charge in [-0.05, 0) is 30.7 Å². The average molecular weight is 367 g/mol. The molecule has 1 aromatic carbocycles. The average Bonchev–Trinajstić information content (AvgIpc) is 3.04. The van der Waals surface area contributed by atoms with E-state index in [9.17, 15) is 0 Å². The Kier molecular flexibility index (Phi) is 4.77. The molecule has 0 atom stereocenters. The van der Waals surface area contributed by atoms with Crippen LogP contribution in [0.15, 0.2) is 34.2 Å². The molecule has 0 amide bonds. The molecule has 112 valence electrons. The van der Waals surface area contributed by atoms with Crippen LogP contribution < -0.4 is 15.5 Å². The van der Waals surface area contributed by atoms with Gasteiger partial charge >= 0.3 is 0 Å². The van der Waals surface area contributed by atoms with Gasteiger partial charge in [0, 0.05) is 47.9 Å². The first-order valence-electron chi connectivity index (χ1n) is 7.16. The molecule has 21 heavy (non-hydrogen) atoms. The molecule has 0 radical (unpaired) electrons. The molecule has 0 bridgehead atoms. The van der Waals surface area contributed by atoms with Crippen LogP contribution in [0.25, 0.3) is 0 Å². The largest absolute Gasteiger partial charge is 0.368 e. The molecule has 1 aliphatic heterocycles. The zero-order chi connectivity index (χ0) is 14.7. The molecule has 1 aliphatic rings. The maximum atomic E-state index is 5.63. The van der Waals surface area contributed by atoms with Gasteiger partial charge in [-0.15, -0.1) is 11.3 Å². The fraction of sp³-hybridized carbons (Fsp3) is 0.400. The van der Waals surface area contributed by atoms with Crippen LogP contribution >= 0.6 is 27.3 Å². The SMILES string of the molecule is NCCc1ccc(N2CCN(c3nccs3)CC2)cc1Br. The molecule has 0 saturated carbocycles. The lowest BCUT2D eigenvalue weighted by molar-refractivity contribution is 0.652. The van der Waals surface area contributed by atoms with Gasteiger partial charge in [0.2, 0.25) is 0 Å². The second-order valence-corrected chi connectivity index (χ2v) is 6.83. The summed E-state index contributed by atoms with van der Waals surface area (Å²) >= 11 is 5.37. The summed E-state index contributed by atoms with van der Waals surface area (Å²) in [7, 11) is 0. The molecule has 6 heteroatoms. The molecule has 1 fully saturated rings. The van der Waals surface area contributed by atoms with Crippen molar-refractivity contribution in [2.45, 2.75) is 6.42 Å². The van der Waals surface area contributed by atoms with Crippen LogP contribution in [-0.4, -0.2) is 37.7 Å². The summed E-state index contributed by atoms with van der Waals surface area (Å²) in [5.41, 5.74) is 8.19. The van der Waals surface area contributed by atoms with Crippen molar-refractivity contribution in [1.82, 2.24) is 4.98 Å². The number of anilines is 2. The summed E-state index contributed by atoms with van der Waals surface area (Å²) in [5, 5.41) is 3.17. The lowest BCUT2D eigenvalue weighted by Crippen LogP contribution is -2.46. The van der Waals surface area contributed by atoms with Crippen molar-refractivity contribution < 1.29 is 0 Å². The monoisotopic (exact) mass is 366 g/mol. The normalized spacial score (nSPS) is 15.5. The molecular weight excluding hydrogens is 348 g/mol. The van der Waals surface area contributed by atoms with Gasteiger partial charge in [-0.1, -0.05) is 22.0 Å². The Labute approximate surface area is 137 Å². The predicted molar refractivity (Wildman–Crippen MR) is 93.4 cm³/mol. The predicted octanol–water partition coefficient (Wildman–Crippen LogP) is 2.73. The van der Waals surface area contributed by atoms with E-state index in [2.05, 4.69) is 48.9 Å². The quantitative estimate of drug-likeness (QED) is 0.903. The van der Waals surface area contributed by atoms with Gasteiger partial charge in [-0.3, -0.25) is 0 Å². The number of thiazole rings is 1. The number of piperazine rings is 1. The second kappa shape index (κ2) is 6.77. The number of hydrogen-bond acceptors (Lipinski definition) is 5. The summed E-state index contributed by atoms with van der Waals surface area (Å²) in [6.45, 7) is 4.79. The Morgan fingerprint density at radius 2 is 1.95 bits per heavy atom. The zero-order valence-electron chi connectivity index (χ0n) is 11.8. The highest BCUT2D eigenvalue weighted by molar-refractivity contribution is 9.10. The number of rotatable bonds is 4. The highest BCUT2D eigenvalue weighted by atomic mass is 79.9. The maximum Gasteiger partial charge on any atom is 0.185 e. The van der Waals surface area contributed by atoms with E-state index in [-0.39, 0.29) is 0 Å². The van der Waals surface area contributed by atoms with Gasteiger partial charge in [-0.25, -0.2) is 4.98 Å². The summed E-state index contributed by atoms with van der Waals surface area (Å²) in [6, 6.07) is 6.60. The topological polar surface area (TPSA) is 45.4 Å². The lowest BCUT2D eigenvalue weighted by atomic mass is 10.1. The fourth-order valence-electron chi connectivity index (χ4n) is 2.62. The minimum atomic E-state index is 0.685. The van der Waals surface area contributed by atoms with Gasteiger partial charge in [-0.2, -0.15) is 0 Å². The third kappa shape index (κ3) is 3.39. The van der Waals surface area contributed by atoms with Gasteiger partial charge < -0.3 is 15.5 Å². The van der Waals surface area contributed by atoms with Crippen LogP contribution in [0.3, 0.4) is 0 Å². The Morgan fingerprint density at radius 3 is 2.57 bits per heavy atom. The van der Waals surface area contributed by atoms with Crippen molar-refractivity contribution in [2.24, 2.45) is 5.73 Å². The minimum Gasteiger partial charge on any atom is -0.368 e. The van der Waals surface area contributed by atoms with Crippen LogP contribution in [0.5, 0.6) is 0 Å². The highest BCUT2D eigenvalue weighted by Crippen LogP contribution is 2.26. The highest BCUT2D eigenvalue weighted by Gasteiger charge is 2.19. The molecule has 2 N–H and O–H groups in total. The Bertz CT molecular complexity index is 579. The van der Waals surface area contributed by atoms with Gasteiger partial charge in [0.25, 0.3) is 0 Å². The molecule has 1 aromatic heterocycles. The molecule has 0 unspecified atom stereocenters. The molecule has 0 spiro atoms. The van der Waals surface area contributed by atoms with E-state index >= 15 is 0 Å². The summed E-state index contributed by atoms with van der Waals surface area (Å²) in [4.78, 5) is 9.18. The van der Waals surface area contributed by atoms with E-state index < -0.39 is 0 Å². The van der Waals surface area contributed by atoms with Crippen molar-refractivity contribution in [3.8, 4) is 0 Å². The third-order valence-corrected chi connectivity index (χ3v) is 5.36. The van der Waals surface area contributed by atoms with E-state index in [1.807, 2.05) is 11.6 Å². The summed E-state index contributed by atoms with van der Waals surface area (Å²) in [6.07, 6.45) is 2.79. The van der Waals surface area contributed by atoms with Crippen LogP contribution in [0.1, 0.15) is 5.56 Å². The first kappa shape index (κ1) is 14.8. The van der Waals surface area contributed by atoms with Crippen molar-refractivity contribution >= 4 is 38.1 Å². The van der Waals surface area contributed by atoms with Crippen LogP contribution in [0, 0.1) is 0 Å². The molecule has 1 saturated heterocycles. The van der Waals surface area contributed by atoms with Crippen molar-refractivity contribution in [3.05, 3.63) is 39.8 Å². The number of nitrogens with two attached hydrogens (primary N) is 1. The van der Waals surface area contributed by atoms with Gasteiger partial charge in [0.15, 0.2) is 5.13 Å². The second-order valence-electron chi connectivity index (χ2n) is 5.10. The van der Waals surface area contributed by atoms with Gasteiger partial charge in [0.05, 0.1) is 0 Å². The van der Waals surface area contributed by atoms with Gasteiger partial charge in [0.1, 0.15) is 0 Å². The van der Waals surface area contributed by atoms with Crippen molar-refractivity contribution in [1.29, 1.82) is 0 Å². The number of aromatic nitrogens is 1. The van der Waals surface area contributed by atoms with Crippen LogP contribution in [0.4, 0.5) is 10.8 Å². The first-order chi connectivity index (χ1) is 10.3. The van der Waals surface area contributed by atoms with E-state index in [0.29, 0.717) is 6.54 Å². The van der Waals surface area contributed by atoms with E-state index in [1.54, 1.807) is 11.3 Å². The van der Waals surface area contributed by atoms with E-state index in [0.717, 1.165) is 42.2 Å². The standard InChI is InChI=1S/C15H19BrN4S/c16-14-11-13(2-1-12(14)3-4-17)19-6-8-20(9-7-19)15-18-5-10-21-15/h1-2,5,10-11H,3-4,6-9,17H2. The lowest BCUT2D eigenvalue weighted by Gasteiger charge is -2.36. The molecule has 0 aliphatic carbocycles. The Hall–Kier alpha value is -1.11. The van der Waals surface area contributed by atoms with Crippen molar-refractivity contribution in [3.63, 3.8) is 0 Å². The van der Waals surface area contributed by atoms with E-state index in [1.165, 1.54) is 11.3 Å². The van der Waals surface area contributed by atoms with E-state index in [4.69, 9.17) is 5.73 Å². The number of benzene rings is 1. The number of halogens is 1. The third-order valence-electron chi connectivity index (χ3n) is 3.78. The molecule has 4 nitrogen and oxygen atoms in total. The Morgan fingerprint density at radius 1 is 1.19 bits per heavy atom.